The molecular formula is C47H76NO9P. The zero-order chi connectivity index (χ0) is 42.6. The van der Waals surface area contributed by atoms with Crippen LogP contribution in [-0.4, -0.2) is 60.5 Å². The largest absolute Gasteiger partial charge is 0.472 e. The molecule has 0 aromatic carbocycles. The molecule has 3 atom stereocenters. The lowest BCUT2D eigenvalue weighted by Gasteiger charge is -2.19. The average Bonchev–Trinajstić information content (AvgIpc) is 3.21. The number of ether oxygens (including phenoxy) is 2. The Hall–Kier alpha value is -3.37. The number of carbonyl (C=O) groups is 2. The molecule has 328 valence electrons. The van der Waals surface area contributed by atoms with Crippen LogP contribution in [-0.2, 0) is 32.7 Å². The molecule has 0 saturated heterocycles. The van der Waals surface area contributed by atoms with Crippen LogP contribution in [0.25, 0.3) is 0 Å². The second-order valence-electron chi connectivity index (χ2n) is 13.6. The summed E-state index contributed by atoms with van der Waals surface area (Å²) in [4.78, 5) is 34.8. The monoisotopic (exact) mass is 830 g/mol. The highest BCUT2D eigenvalue weighted by Gasteiger charge is 2.25. The summed E-state index contributed by atoms with van der Waals surface area (Å²) < 4.78 is 32.6. The minimum absolute atomic E-state index is 0.0232. The summed E-state index contributed by atoms with van der Waals surface area (Å²) in [6.07, 6.45) is 52.3. The summed E-state index contributed by atoms with van der Waals surface area (Å²) in [6.45, 7) is 3.23. The molecule has 0 bridgehead atoms. The third-order valence-electron chi connectivity index (χ3n) is 8.31. The second-order valence-corrected chi connectivity index (χ2v) is 15.1. The number of esters is 2. The van der Waals surface area contributed by atoms with Gasteiger partial charge in [-0.15, -0.1) is 0 Å². The lowest BCUT2D eigenvalue weighted by Crippen LogP contribution is -2.29. The summed E-state index contributed by atoms with van der Waals surface area (Å²) in [5, 5.41) is 9.55. The molecule has 0 aromatic rings. The van der Waals surface area contributed by atoms with E-state index in [0.29, 0.717) is 19.3 Å². The molecule has 0 aromatic heterocycles. The molecule has 0 heterocycles. The zero-order valence-corrected chi connectivity index (χ0v) is 36.5. The van der Waals surface area contributed by atoms with E-state index in [9.17, 15) is 24.2 Å². The molecule has 0 fully saturated rings. The molecule has 0 aliphatic carbocycles. The summed E-state index contributed by atoms with van der Waals surface area (Å²) in [6, 6.07) is 0. The van der Waals surface area contributed by atoms with E-state index in [1.54, 1.807) is 0 Å². The van der Waals surface area contributed by atoms with Crippen molar-refractivity contribution in [2.75, 3.05) is 26.4 Å². The number of aliphatic hydroxyl groups excluding tert-OH is 1. The molecule has 0 aliphatic rings. The third-order valence-corrected chi connectivity index (χ3v) is 9.29. The van der Waals surface area contributed by atoms with Crippen molar-refractivity contribution in [3.8, 4) is 0 Å². The predicted molar refractivity (Wildman–Crippen MR) is 239 cm³/mol. The Balaban J connectivity index is 4.42. The van der Waals surface area contributed by atoms with Crippen molar-refractivity contribution >= 4 is 19.8 Å². The van der Waals surface area contributed by atoms with Gasteiger partial charge < -0.3 is 25.2 Å². The number of phosphoric ester groups is 1. The lowest BCUT2D eigenvalue weighted by atomic mass is 10.1. The van der Waals surface area contributed by atoms with E-state index < -0.39 is 32.5 Å². The highest BCUT2D eigenvalue weighted by molar-refractivity contribution is 7.47. The quantitative estimate of drug-likeness (QED) is 0.0237. The number of hydrogen-bond acceptors (Lipinski definition) is 9. The minimum atomic E-state index is -4.42. The Labute approximate surface area is 351 Å². The molecule has 0 radical (unpaired) electrons. The third kappa shape index (κ3) is 40.8. The van der Waals surface area contributed by atoms with Gasteiger partial charge in [0.05, 0.1) is 19.3 Å². The van der Waals surface area contributed by atoms with Gasteiger partial charge in [0.1, 0.15) is 6.61 Å². The number of carbonyl (C=O) groups excluding carboxylic acids is 2. The van der Waals surface area contributed by atoms with E-state index in [-0.39, 0.29) is 38.7 Å². The fourth-order valence-electron chi connectivity index (χ4n) is 4.94. The van der Waals surface area contributed by atoms with E-state index in [1.165, 1.54) is 25.7 Å². The maximum absolute atomic E-state index is 12.5. The standard InChI is InChI=1S/C47H76NO9P/c1-3-5-6-7-8-9-10-11-12-13-14-15-16-21-24-27-30-33-36-39-47(51)57-45(43-56-58(52,53)55-41-40-48)42-54-46(50)38-35-32-29-26-23-20-18-17-19-22-25-28-31-34-37-44(49)4-2/h8-9,11-12,14-15,18-22,24,26,28-31,33,44-45,49H,3-7,10,13,16-17,23,25,27,32,34-43,48H2,1-2H3,(H,52,53)/b9-8-,12-11-,15-14-,20-18-,22-19-,24-21-,29-26-,31-28-,33-30-/t44-,45+/m0/s1. The van der Waals surface area contributed by atoms with E-state index in [0.717, 1.165) is 64.2 Å². The summed E-state index contributed by atoms with van der Waals surface area (Å²) >= 11 is 0. The van der Waals surface area contributed by atoms with Crippen molar-refractivity contribution in [3.63, 3.8) is 0 Å². The molecule has 1 unspecified atom stereocenters. The normalized spacial score (nSPS) is 14.9. The first-order valence-electron chi connectivity index (χ1n) is 21.4. The summed E-state index contributed by atoms with van der Waals surface area (Å²) in [5.41, 5.74) is 5.33. The van der Waals surface area contributed by atoms with Crippen LogP contribution in [0.3, 0.4) is 0 Å². The maximum Gasteiger partial charge on any atom is 0.472 e. The molecule has 0 spiro atoms. The van der Waals surface area contributed by atoms with Crippen molar-refractivity contribution in [3.05, 3.63) is 109 Å². The van der Waals surface area contributed by atoms with Gasteiger partial charge in [0.2, 0.25) is 0 Å². The number of rotatable bonds is 38. The van der Waals surface area contributed by atoms with Gasteiger partial charge in [-0.1, -0.05) is 136 Å². The maximum atomic E-state index is 12.5. The Kier molecular flexibility index (Phi) is 39.4. The van der Waals surface area contributed by atoms with Gasteiger partial charge in [0, 0.05) is 19.4 Å². The van der Waals surface area contributed by atoms with Gasteiger partial charge in [-0.25, -0.2) is 4.57 Å². The fourth-order valence-corrected chi connectivity index (χ4v) is 5.71. The first-order chi connectivity index (χ1) is 28.2. The van der Waals surface area contributed by atoms with E-state index in [4.69, 9.17) is 24.3 Å². The van der Waals surface area contributed by atoms with Gasteiger partial charge in [0.15, 0.2) is 6.10 Å². The van der Waals surface area contributed by atoms with E-state index in [1.807, 2.05) is 31.2 Å². The van der Waals surface area contributed by atoms with Crippen LogP contribution in [0.4, 0.5) is 0 Å². The SMILES string of the molecule is CCCCC/C=C\C/C=C\C/C=C\C/C=C\C/C=C\CCC(=O)O[C@H](COC(=O)CCC/C=C\C/C=C\C/C=C\C/C=C\CC[C@@H](O)CC)COP(=O)(O)OCCN. The minimum Gasteiger partial charge on any atom is -0.462 e. The zero-order valence-electron chi connectivity index (χ0n) is 35.6. The molecule has 0 amide bonds. The Morgan fingerprint density at radius 1 is 0.586 bits per heavy atom. The van der Waals surface area contributed by atoms with Crippen LogP contribution >= 0.6 is 7.82 Å². The smallest absolute Gasteiger partial charge is 0.462 e. The highest BCUT2D eigenvalue weighted by Crippen LogP contribution is 2.43. The van der Waals surface area contributed by atoms with Crippen molar-refractivity contribution in [1.29, 1.82) is 0 Å². The first-order valence-corrected chi connectivity index (χ1v) is 22.9. The average molecular weight is 830 g/mol. The molecule has 58 heavy (non-hydrogen) atoms. The molecule has 0 saturated carbocycles. The lowest BCUT2D eigenvalue weighted by molar-refractivity contribution is -0.161. The van der Waals surface area contributed by atoms with Crippen LogP contribution in [0.15, 0.2) is 109 Å². The number of phosphoric acid groups is 1. The molecule has 11 heteroatoms. The highest BCUT2D eigenvalue weighted by atomic mass is 31.2. The first kappa shape index (κ1) is 54.6. The van der Waals surface area contributed by atoms with Crippen molar-refractivity contribution in [2.45, 2.75) is 148 Å². The van der Waals surface area contributed by atoms with Crippen LogP contribution in [0.5, 0.6) is 0 Å². The van der Waals surface area contributed by atoms with Crippen molar-refractivity contribution in [2.24, 2.45) is 5.73 Å². The number of allylic oxidation sites excluding steroid dienone is 18. The Bertz CT molecular complexity index is 1330. The van der Waals surface area contributed by atoms with Crippen LogP contribution in [0, 0.1) is 0 Å². The number of nitrogens with two attached hydrogens (primary N) is 1. The molecule has 0 rings (SSSR count). The van der Waals surface area contributed by atoms with Crippen molar-refractivity contribution in [1.82, 2.24) is 0 Å². The number of aliphatic hydroxyl groups is 1. The van der Waals surface area contributed by atoms with Gasteiger partial charge in [-0.2, -0.15) is 0 Å². The van der Waals surface area contributed by atoms with Gasteiger partial charge in [-0.05, 0) is 96.3 Å². The van der Waals surface area contributed by atoms with Crippen molar-refractivity contribution < 1.29 is 42.7 Å². The molecule has 4 N–H and O–H groups in total. The number of hydrogen-bond donors (Lipinski definition) is 3. The van der Waals surface area contributed by atoms with Crippen LogP contribution in [0.2, 0.25) is 0 Å². The Morgan fingerprint density at radius 2 is 1.05 bits per heavy atom. The van der Waals surface area contributed by atoms with Gasteiger partial charge in [0.25, 0.3) is 0 Å². The summed E-state index contributed by atoms with van der Waals surface area (Å²) in [7, 11) is -4.42. The van der Waals surface area contributed by atoms with E-state index in [2.05, 4.69) is 92.0 Å². The number of unbranched alkanes of at least 4 members (excludes halogenated alkanes) is 4. The Morgan fingerprint density at radius 3 is 1.53 bits per heavy atom. The van der Waals surface area contributed by atoms with E-state index >= 15 is 0 Å². The van der Waals surface area contributed by atoms with Gasteiger partial charge in [-0.3, -0.25) is 18.6 Å². The molecule has 10 nitrogen and oxygen atoms in total. The summed E-state index contributed by atoms with van der Waals surface area (Å²) in [5.74, 6) is -1.02. The second kappa shape index (κ2) is 41.8. The molecular weight excluding hydrogens is 753 g/mol. The topological polar surface area (TPSA) is 155 Å². The van der Waals surface area contributed by atoms with Gasteiger partial charge >= 0.3 is 19.8 Å². The van der Waals surface area contributed by atoms with Crippen LogP contribution < -0.4 is 5.73 Å². The fraction of sp³-hybridized carbons (Fsp3) is 0.574. The predicted octanol–water partition coefficient (Wildman–Crippen LogP) is 11.4. The molecule has 0 aliphatic heterocycles. The van der Waals surface area contributed by atoms with Crippen LogP contribution in [0.1, 0.15) is 136 Å².